The van der Waals surface area contributed by atoms with Crippen LogP contribution < -0.4 is 15.4 Å². The third-order valence-electron chi connectivity index (χ3n) is 6.44. The summed E-state index contributed by atoms with van der Waals surface area (Å²) < 4.78 is 20.2. The number of carbonyl (C=O) groups is 1. The fourth-order valence-electron chi connectivity index (χ4n) is 4.38. The van der Waals surface area contributed by atoms with Gasteiger partial charge in [0.2, 0.25) is 5.95 Å². The van der Waals surface area contributed by atoms with Crippen molar-refractivity contribution in [3.05, 3.63) is 96.4 Å². The van der Waals surface area contributed by atoms with Crippen molar-refractivity contribution in [2.45, 2.75) is 19.3 Å². The number of nitrogens with one attached hydrogen (secondary N) is 2. The topological polar surface area (TPSA) is 79.4 Å². The van der Waals surface area contributed by atoms with Gasteiger partial charge in [-0.1, -0.05) is 36.8 Å². The maximum Gasteiger partial charge on any atom is 0.255 e. The standard InChI is InChI=1S/C30H30FN5O2/c31-26-14-13-25(38-20-19-36-17-5-2-6-18-36)21-28(26)34-29(37)23-9-11-24(12-10-23)33-30-32-16-15-27(35-30)22-7-3-1-4-8-22/h1,3-4,7-16,21H,2,5-6,17-20H2,(H,34,37)(H,32,33,35). The van der Waals surface area contributed by atoms with Gasteiger partial charge >= 0.3 is 0 Å². The second-order valence-corrected chi connectivity index (χ2v) is 9.18. The summed E-state index contributed by atoms with van der Waals surface area (Å²) >= 11 is 0. The highest BCUT2D eigenvalue weighted by Crippen LogP contribution is 2.23. The molecule has 0 radical (unpaired) electrons. The molecule has 5 rings (SSSR count). The molecule has 0 saturated carbocycles. The number of aromatic nitrogens is 2. The molecular weight excluding hydrogens is 481 g/mol. The molecule has 1 aliphatic rings. The molecule has 1 fully saturated rings. The van der Waals surface area contributed by atoms with E-state index in [2.05, 4.69) is 25.5 Å². The first kappa shape index (κ1) is 25.4. The van der Waals surface area contributed by atoms with Gasteiger partial charge in [0.1, 0.15) is 18.2 Å². The zero-order valence-electron chi connectivity index (χ0n) is 21.1. The molecule has 3 aromatic carbocycles. The van der Waals surface area contributed by atoms with Crippen molar-refractivity contribution in [3.63, 3.8) is 0 Å². The molecule has 1 saturated heterocycles. The van der Waals surface area contributed by atoms with Gasteiger partial charge in [-0.15, -0.1) is 0 Å². The van der Waals surface area contributed by atoms with Gasteiger partial charge < -0.3 is 15.4 Å². The zero-order chi connectivity index (χ0) is 26.2. The van der Waals surface area contributed by atoms with E-state index < -0.39 is 11.7 Å². The van der Waals surface area contributed by atoms with Gasteiger partial charge in [0.25, 0.3) is 5.91 Å². The minimum atomic E-state index is -0.518. The summed E-state index contributed by atoms with van der Waals surface area (Å²) in [5.41, 5.74) is 3.00. The number of hydrogen-bond donors (Lipinski definition) is 2. The first-order valence-electron chi connectivity index (χ1n) is 12.9. The Morgan fingerprint density at radius 3 is 2.53 bits per heavy atom. The van der Waals surface area contributed by atoms with Crippen LogP contribution in [0.15, 0.2) is 85.1 Å². The maximum absolute atomic E-state index is 14.4. The van der Waals surface area contributed by atoms with Crippen LogP contribution in [0.3, 0.4) is 0 Å². The van der Waals surface area contributed by atoms with Crippen molar-refractivity contribution >= 4 is 23.2 Å². The normalized spacial score (nSPS) is 13.6. The third kappa shape index (κ3) is 6.72. The summed E-state index contributed by atoms with van der Waals surface area (Å²) in [5.74, 6) is 0.0393. The molecule has 2 heterocycles. The molecule has 8 heteroatoms. The first-order chi connectivity index (χ1) is 18.6. The number of amides is 1. The summed E-state index contributed by atoms with van der Waals surface area (Å²) in [6.07, 6.45) is 5.42. The van der Waals surface area contributed by atoms with Crippen molar-refractivity contribution in [2.24, 2.45) is 0 Å². The van der Waals surface area contributed by atoms with Gasteiger partial charge in [-0.2, -0.15) is 0 Å². The van der Waals surface area contributed by atoms with E-state index in [1.54, 1.807) is 36.5 Å². The summed E-state index contributed by atoms with van der Waals surface area (Å²) in [6, 6.07) is 22.9. The van der Waals surface area contributed by atoms with Crippen LogP contribution in [-0.2, 0) is 0 Å². The largest absolute Gasteiger partial charge is 0.492 e. The smallest absolute Gasteiger partial charge is 0.255 e. The summed E-state index contributed by atoms with van der Waals surface area (Å²) in [6.45, 7) is 3.54. The lowest BCUT2D eigenvalue weighted by Crippen LogP contribution is -2.33. The number of carbonyl (C=O) groups excluding carboxylic acids is 1. The Hall–Kier alpha value is -4.30. The van der Waals surface area contributed by atoms with Gasteiger partial charge in [-0.3, -0.25) is 9.69 Å². The number of halogens is 1. The number of anilines is 3. The summed E-state index contributed by atoms with van der Waals surface area (Å²) in [4.78, 5) is 24.0. The average Bonchev–Trinajstić information content (AvgIpc) is 2.96. The number of rotatable bonds is 9. The van der Waals surface area contributed by atoms with Crippen LogP contribution in [0, 0.1) is 5.82 Å². The lowest BCUT2D eigenvalue weighted by atomic mass is 10.1. The molecule has 0 unspecified atom stereocenters. The number of benzene rings is 3. The van der Waals surface area contributed by atoms with E-state index in [-0.39, 0.29) is 5.69 Å². The van der Waals surface area contributed by atoms with Crippen LogP contribution in [0.1, 0.15) is 29.6 Å². The second kappa shape index (κ2) is 12.3. The Morgan fingerprint density at radius 1 is 0.947 bits per heavy atom. The van der Waals surface area contributed by atoms with Crippen molar-refractivity contribution in [2.75, 3.05) is 36.9 Å². The van der Waals surface area contributed by atoms with Crippen LogP contribution in [0.25, 0.3) is 11.3 Å². The molecule has 1 aliphatic heterocycles. The predicted octanol–water partition coefficient (Wildman–Crippen LogP) is 6.14. The Labute approximate surface area is 221 Å². The fraction of sp³-hybridized carbons (Fsp3) is 0.233. The van der Waals surface area contributed by atoms with Gasteiger partial charge in [-0.25, -0.2) is 14.4 Å². The maximum atomic E-state index is 14.4. The zero-order valence-corrected chi connectivity index (χ0v) is 21.1. The number of nitrogens with zero attached hydrogens (tertiary/aromatic N) is 3. The molecule has 0 atom stereocenters. The fourth-order valence-corrected chi connectivity index (χ4v) is 4.38. The lowest BCUT2D eigenvalue weighted by Gasteiger charge is -2.26. The predicted molar refractivity (Wildman–Crippen MR) is 147 cm³/mol. The van der Waals surface area contributed by atoms with Gasteiger partial charge in [-0.05, 0) is 68.4 Å². The van der Waals surface area contributed by atoms with E-state index in [1.807, 2.05) is 36.4 Å². The van der Waals surface area contributed by atoms with Gasteiger partial charge in [0.05, 0.1) is 11.4 Å². The van der Waals surface area contributed by atoms with E-state index in [0.29, 0.717) is 23.9 Å². The molecule has 2 N–H and O–H groups in total. The number of ether oxygens (including phenoxy) is 1. The molecule has 4 aromatic rings. The highest BCUT2D eigenvalue weighted by atomic mass is 19.1. The van der Waals surface area contributed by atoms with Gasteiger partial charge in [0.15, 0.2) is 0 Å². The molecule has 38 heavy (non-hydrogen) atoms. The van der Waals surface area contributed by atoms with E-state index >= 15 is 0 Å². The Kier molecular flexibility index (Phi) is 8.20. The molecule has 194 valence electrons. The van der Waals surface area contributed by atoms with E-state index in [0.717, 1.165) is 36.6 Å². The van der Waals surface area contributed by atoms with Crippen LogP contribution in [0.5, 0.6) is 5.75 Å². The van der Waals surface area contributed by atoms with Gasteiger partial charge in [0, 0.05) is 35.6 Å². The van der Waals surface area contributed by atoms with Crippen molar-refractivity contribution in [1.29, 1.82) is 0 Å². The third-order valence-corrected chi connectivity index (χ3v) is 6.44. The Morgan fingerprint density at radius 2 is 1.74 bits per heavy atom. The minimum absolute atomic E-state index is 0.0822. The Balaban J connectivity index is 1.18. The monoisotopic (exact) mass is 511 g/mol. The molecular formula is C30H30FN5O2. The summed E-state index contributed by atoms with van der Waals surface area (Å²) in [5, 5.41) is 5.81. The molecule has 0 aliphatic carbocycles. The van der Waals surface area contributed by atoms with Crippen molar-refractivity contribution in [3.8, 4) is 17.0 Å². The molecule has 1 amide bonds. The highest BCUT2D eigenvalue weighted by molar-refractivity contribution is 6.04. The van der Waals surface area contributed by atoms with Crippen molar-refractivity contribution in [1.82, 2.24) is 14.9 Å². The number of piperidine rings is 1. The second-order valence-electron chi connectivity index (χ2n) is 9.18. The average molecular weight is 512 g/mol. The summed E-state index contributed by atoms with van der Waals surface area (Å²) in [7, 11) is 0. The Bertz CT molecular complexity index is 1360. The molecule has 1 aromatic heterocycles. The van der Waals surface area contributed by atoms with Crippen molar-refractivity contribution < 1.29 is 13.9 Å². The lowest BCUT2D eigenvalue weighted by molar-refractivity contribution is 0.102. The number of hydrogen-bond acceptors (Lipinski definition) is 6. The molecule has 7 nitrogen and oxygen atoms in total. The van der Waals surface area contributed by atoms with E-state index in [1.165, 1.54) is 31.4 Å². The SMILES string of the molecule is O=C(Nc1cc(OCCN2CCCCC2)ccc1F)c1ccc(Nc2nccc(-c3ccccc3)n2)cc1. The first-order valence-corrected chi connectivity index (χ1v) is 12.9. The van der Waals surface area contributed by atoms with Crippen LogP contribution >= 0.6 is 0 Å². The van der Waals surface area contributed by atoms with E-state index in [9.17, 15) is 9.18 Å². The van der Waals surface area contributed by atoms with Crippen LogP contribution in [0.4, 0.5) is 21.7 Å². The number of likely N-dealkylation sites (tertiary alicyclic amines) is 1. The molecule has 0 bridgehead atoms. The van der Waals surface area contributed by atoms with Crippen LogP contribution in [-0.4, -0.2) is 47.0 Å². The minimum Gasteiger partial charge on any atom is -0.492 e. The highest BCUT2D eigenvalue weighted by Gasteiger charge is 2.13. The van der Waals surface area contributed by atoms with Crippen LogP contribution in [0.2, 0.25) is 0 Å². The van der Waals surface area contributed by atoms with E-state index in [4.69, 9.17) is 4.74 Å². The molecule has 0 spiro atoms. The quantitative estimate of drug-likeness (QED) is 0.281.